The number of para-hydroxylation sites is 1. The van der Waals surface area contributed by atoms with Crippen LogP contribution in [0.4, 0.5) is 17.5 Å². The minimum atomic E-state index is -0.975. The second-order valence-corrected chi connectivity index (χ2v) is 4.99. The van der Waals surface area contributed by atoms with E-state index in [2.05, 4.69) is 22.2 Å². The van der Waals surface area contributed by atoms with Gasteiger partial charge in [0.1, 0.15) is 5.82 Å². The Labute approximate surface area is 129 Å². The van der Waals surface area contributed by atoms with E-state index < -0.39 is 5.97 Å². The summed E-state index contributed by atoms with van der Waals surface area (Å²) in [6.07, 6.45) is 3.84. The third-order valence-corrected chi connectivity index (χ3v) is 3.25. The van der Waals surface area contributed by atoms with Crippen molar-refractivity contribution in [3.8, 4) is 0 Å². The predicted molar refractivity (Wildman–Crippen MR) is 86.9 cm³/mol. The van der Waals surface area contributed by atoms with Crippen LogP contribution in [-0.4, -0.2) is 34.6 Å². The number of aromatic nitrogens is 2. The number of hydrogen-bond acceptors (Lipinski definition) is 5. The molecule has 22 heavy (non-hydrogen) atoms. The van der Waals surface area contributed by atoms with E-state index in [1.807, 2.05) is 11.9 Å². The van der Waals surface area contributed by atoms with Crippen molar-refractivity contribution >= 4 is 23.4 Å². The maximum absolute atomic E-state index is 11.2. The molecule has 0 radical (unpaired) electrons. The Kier molecular flexibility index (Phi) is 5.30. The molecule has 0 aliphatic heterocycles. The van der Waals surface area contributed by atoms with E-state index in [0.717, 1.165) is 19.4 Å². The Balaban J connectivity index is 2.19. The highest BCUT2D eigenvalue weighted by atomic mass is 16.4. The van der Waals surface area contributed by atoms with Crippen molar-refractivity contribution in [2.45, 2.75) is 19.8 Å². The summed E-state index contributed by atoms with van der Waals surface area (Å²) in [5, 5.41) is 12.2. The van der Waals surface area contributed by atoms with Crippen LogP contribution in [0, 0.1) is 0 Å². The van der Waals surface area contributed by atoms with Crippen LogP contribution in [0.5, 0.6) is 0 Å². The number of rotatable bonds is 7. The van der Waals surface area contributed by atoms with Gasteiger partial charge in [-0.05, 0) is 24.6 Å². The molecule has 0 aliphatic rings. The van der Waals surface area contributed by atoms with E-state index in [1.165, 1.54) is 0 Å². The van der Waals surface area contributed by atoms with Crippen molar-refractivity contribution in [1.82, 2.24) is 9.97 Å². The fourth-order valence-corrected chi connectivity index (χ4v) is 2.01. The molecule has 0 saturated carbocycles. The van der Waals surface area contributed by atoms with E-state index in [1.54, 1.807) is 36.5 Å². The first-order chi connectivity index (χ1) is 10.6. The number of hydrogen-bond donors (Lipinski definition) is 2. The van der Waals surface area contributed by atoms with Gasteiger partial charge in [0.2, 0.25) is 5.95 Å². The fourth-order valence-electron chi connectivity index (χ4n) is 2.01. The number of aromatic carboxylic acids is 1. The summed E-state index contributed by atoms with van der Waals surface area (Å²) >= 11 is 0. The quantitative estimate of drug-likeness (QED) is 0.818. The van der Waals surface area contributed by atoms with Gasteiger partial charge in [-0.3, -0.25) is 0 Å². The van der Waals surface area contributed by atoms with Crippen LogP contribution in [0.25, 0.3) is 0 Å². The molecule has 6 nitrogen and oxygen atoms in total. The standard InChI is InChI=1S/C16H20N4O2/c1-3-4-11-20(2)16-17-10-9-14(19-16)18-13-8-6-5-7-12(13)15(21)22/h5-10H,3-4,11H2,1-2H3,(H,21,22)(H,17,18,19). The number of anilines is 3. The molecule has 1 heterocycles. The number of benzene rings is 1. The van der Waals surface area contributed by atoms with Gasteiger partial charge in [-0.1, -0.05) is 25.5 Å². The zero-order valence-electron chi connectivity index (χ0n) is 12.8. The zero-order valence-corrected chi connectivity index (χ0v) is 12.8. The van der Waals surface area contributed by atoms with Crippen LogP contribution in [-0.2, 0) is 0 Å². The summed E-state index contributed by atoms with van der Waals surface area (Å²) in [5.74, 6) is 0.214. The van der Waals surface area contributed by atoms with E-state index in [4.69, 9.17) is 0 Å². The third-order valence-electron chi connectivity index (χ3n) is 3.25. The number of unbranched alkanes of at least 4 members (excludes halogenated alkanes) is 1. The lowest BCUT2D eigenvalue weighted by Gasteiger charge is -2.17. The maximum atomic E-state index is 11.2. The van der Waals surface area contributed by atoms with Crippen LogP contribution < -0.4 is 10.2 Å². The van der Waals surface area contributed by atoms with E-state index in [-0.39, 0.29) is 5.56 Å². The van der Waals surface area contributed by atoms with Gasteiger partial charge in [-0.15, -0.1) is 0 Å². The summed E-state index contributed by atoms with van der Waals surface area (Å²) in [6.45, 7) is 3.02. The van der Waals surface area contributed by atoms with Crippen molar-refractivity contribution in [2.24, 2.45) is 0 Å². The molecule has 2 aromatic rings. The Morgan fingerprint density at radius 2 is 2.09 bits per heavy atom. The molecule has 2 N–H and O–H groups in total. The monoisotopic (exact) mass is 300 g/mol. The number of carboxylic acid groups (broad SMARTS) is 1. The lowest BCUT2D eigenvalue weighted by Crippen LogP contribution is -2.21. The summed E-state index contributed by atoms with van der Waals surface area (Å²) in [5.41, 5.74) is 0.720. The SMILES string of the molecule is CCCCN(C)c1nccc(Nc2ccccc2C(=O)O)n1. The lowest BCUT2D eigenvalue weighted by atomic mass is 10.2. The second-order valence-electron chi connectivity index (χ2n) is 4.99. The summed E-state index contributed by atoms with van der Waals surface area (Å²) in [7, 11) is 1.94. The smallest absolute Gasteiger partial charge is 0.337 e. The van der Waals surface area contributed by atoms with Gasteiger partial charge in [-0.2, -0.15) is 4.98 Å². The number of carbonyl (C=O) groups is 1. The van der Waals surface area contributed by atoms with Crippen molar-refractivity contribution in [1.29, 1.82) is 0 Å². The maximum Gasteiger partial charge on any atom is 0.337 e. The molecule has 1 aromatic heterocycles. The second kappa shape index (κ2) is 7.40. The molecular formula is C16H20N4O2. The highest BCUT2D eigenvalue weighted by Gasteiger charge is 2.10. The highest BCUT2D eigenvalue weighted by molar-refractivity contribution is 5.94. The van der Waals surface area contributed by atoms with Crippen LogP contribution >= 0.6 is 0 Å². The van der Waals surface area contributed by atoms with Crippen LogP contribution in [0.15, 0.2) is 36.5 Å². The first kappa shape index (κ1) is 15.8. The van der Waals surface area contributed by atoms with Crippen LogP contribution in [0.2, 0.25) is 0 Å². The normalized spacial score (nSPS) is 10.3. The molecule has 1 aromatic carbocycles. The fraction of sp³-hybridized carbons (Fsp3) is 0.312. The van der Waals surface area contributed by atoms with Gasteiger partial charge >= 0.3 is 5.97 Å². The molecule has 116 valence electrons. The Hall–Kier alpha value is -2.63. The Bertz CT molecular complexity index is 646. The summed E-state index contributed by atoms with van der Waals surface area (Å²) in [4.78, 5) is 21.9. The van der Waals surface area contributed by atoms with E-state index >= 15 is 0 Å². The summed E-state index contributed by atoms with van der Waals surface area (Å²) < 4.78 is 0. The van der Waals surface area contributed by atoms with Crippen LogP contribution in [0.1, 0.15) is 30.1 Å². The van der Waals surface area contributed by atoms with E-state index in [9.17, 15) is 9.90 Å². The molecule has 0 bridgehead atoms. The van der Waals surface area contributed by atoms with Gasteiger partial charge in [-0.25, -0.2) is 9.78 Å². The minimum absolute atomic E-state index is 0.210. The molecule has 2 rings (SSSR count). The molecule has 0 fully saturated rings. The topological polar surface area (TPSA) is 78.4 Å². The molecule has 0 unspecified atom stereocenters. The highest BCUT2D eigenvalue weighted by Crippen LogP contribution is 2.20. The van der Waals surface area contributed by atoms with Gasteiger partial charge in [0.15, 0.2) is 0 Å². The first-order valence-corrected chi connectivity index (χ1v) is 7.25. The average molecular weight is 300 g/mol. The van der Waals surface area contributed by atoms with Gasteiger partial charge in [0.05, 0.1) is 11.3 Å². The molecule has 0 atom stereocenters. The Morgan fingerprint density at radius 1 is 1.32 bits per heavy atom. The van der Waals surface area contributed by atoms with Gasteiger partial charge in [0, 0.05) is 19.8 Å². The van der Waals surface area contributed by atoms with E-state index in [0.29, 0.717) is 17.5 Å². The largest absolute Gasteiger partial charge is 0.478 e. The molecule has 0 aliphatic carbocycles. The predicted octanol–water partition coefficient (Wildman–Crippen LogP) is 3.15. The van der Waals surface area contributed by atoms with Crippen molar-refractivity contribution < 1.29 is 9.90 Å². The Morgan fingerprint density at radius 3 is 2.82 bits per heavy atom. The molecular weight excluding hydrogens is 280 g/mol. The molecule has 6 heteroatoms. The van der Waals surface area contributed by atoms with Crippen LogP contribution in [0.3, 0.4) is 0 Å². The zero-order chi connectivity index (χ0) is 15.9. The average Bonchev–Trinajstić information content (AvgIpc) is 2.53. The van der Waals surface area contributed by atoms with Gasteiger partial charge in [0.25, 0.3) is 0 Å². The number of nitrogens with one attached hydrogen (secondary N) is 1. The van der Waals surface area contributed by atoms with Crippen molar-refractivity contribution in [3.63, 3.8) is 0 Å². The number of carboxylic acids is 1. The van der Waals surface area contributed by atoms with Crippen molar-refractivity contribution in [2.75, 3.05) is 23.8 Å². The third kappa shape index (κ3) is 3.94. The van der Waals surface area contributed by atoms with Crippen molar-refractivity contribution in [3.05, 3.63) is 42.1 Å². The minimum Gasteiger partial charge on any atom is -0.478 e. The molecule has 0 spiro atoms. The van der Waals surface area contributed by atoms with Gasteiger partial charge < -0.3 is 15.3 Å². The summed E-state index contributed by atoms with van der Waals surface area (Å²) in [6, 6.07) is 8.46. The lowest BCUT2D eigenvalue weighted by molar-refractivity contribution is 0.0698. The first-order valence-electron chi connectivity index (χ1n) is 7.25. The molecule has 0 amide bonds. The molecule has 0 saturated heterocycles. The number of nitrogens with zero attached hydrogens (tertiary/aromatic N) is 3.